The number of carbonyl (C=O) groups is 1. The third-order valence-corrected chi connectivity index (χ3v) is 6.23. The average Bonchev–Trinajstić information content (AvgIpc) is 3.42. The van der Waals surface area contributed by atoms with Crippen LogP contribution in [0.1, 0.15) is 50.2 Å². The zero-order valence-electron chi connectivity index (χ0n) is 13.3. The van der Waals surface area contributed by atoms with Gasteiger partial charge in [-0.2, -0.15) is 0 Å². The smallest absolute Gasteiger partial charge is 0.224 e. The fourth-order valence-corrected chi connectivity index (χ4v) is 4.54. The van der Waals surface area contributed by atoms with Crippen molar-refractivity contribution in [1.82, 2.24) is 5.32 Å². The summed E-state index contributed by atoms with van der Waals surface area (Å²) in [5.74, 6) is 0.702. The van der Waals surface area contributed by atoms with Crippen LogP contribution in [0.2, 0.25) is 0 Å². The Hall–Kier alpha value is -1.35. The first-order valence-corrected chi connectivity index (χ1v) is 8.60. The summed E-state index contributed by atoms with van der Waals surface area (Å²) in [6.07, 6.45) is 6.67. The van der Waals surface area contributed by atoms with Crippen LogP contribution in [0, 0.1) is 11.8 Å². The summed E-state index contributed by atoms with van der Waals surface area (Å²) in [6, 6.07) is 8.63. The molecule has 3 heteroatoms. The third kappa shape index (κ3) is 2.10. The molecule has 2 saturated carbocycles. The normalized spacial score (nSPS) is 32.2. The number of aliphatic hydroxyl groups excluding tert-OH is 1. The molecule has 3 nitrogen and oxygen atoms in total. The van der Waals surface area contributed by atoms with Crippen LogP contribution < -0.4 is 5.32 Å². The lowest BCUT2D eigenvalue weighted by Gasteiger charge is -2.31. The standard InChI is InChI=1S/C19H25NO2/c1-18(12-21,14-8-9-14)20-17(22)16-11-19(16)10-4-6-13-5-2-3-7-15(13)19/h2-3,5,7,14,16,21H,4,6,8-12H2,1H3,(H,20,22). The van der Waals surface area contributed by atoms with E-state index < -0.39 is 5.54 Å². The van der Waals surface area contributed by atoms with Crippen molar-refractivity contribution < 1.29 is 9.90 Å². The second-order valence-corrected chi connectivity index (χ2v) is 7.76. The molecule has 0 aliphatic heterocycles. The van der Waals surface area contributed by atoms with Crippen molar-refractivity contribution >= 4 is 5.91 Å². The molecule has 2 fully saturated rings. The van der Waals surface area contributed by atoms with Gasteiger partial charge in [-0.15, -0.1) is 0 Å². The molecule has 0 bridgehead atoms. The maximum Gasteiger partial charge on any atom is 0.224 e. The number of hydrogen-bond acceptors (Lipinski definition) is 2. The minimum Gasteiger partial charge on any atom is -0.394 e. The van der Waals surface area contributed by atoms with Gasteiger partial charge < -0.3 is 10.4 Å². The number of amides is 1. The van der Waals surface area contributed by atoms with E-state index in [0.717, 1.165) is 32.1 Å². The van der Waals surface area contributed by atoms with Crippen LogP contribution in [-0.4, -0.2) is 23.2 Å². The molecule has 118 valence electrons. The molecule has 3 aliphatic rings. The summed E-state index contributed by atoms with van der Waals surface area (Å²) >= 11 is 0. The van der Waals surface area contributed by atoms with E-state index in [1.54, 1.807) is 0 Å². The van der Waals surface area contributed by atoms with Crippen LogP contribution in [0.15, 0.2) is 24.3 Å². The lowest BCUT2D eigenvalue weighted by atomic mass is 9.78. The van der Waals surface area contributed by atoms with Crippen LogP contribution in [0.3, 0.4) is 0 Å². The molecule has 0 radical (unpaired) electrons. The Kier molecular flexibility index (Phi) is 3.12. The van der Waals surface area contributed by atoms with Gasteiger partial charge in [0.15, 0.2) is 0 Å². The number of fused-ring (bicyclic) bond motifs is 2. The lowest BCUT2D eigenvalue weighted by Crippen LogP contribution is -2.51. The van der Waals surface area contributed by atoms with Crippen molar-refractivity contribution in [2.75, 3.05) is 6.61 Å². The fraction of sp³-hybridized carbons (Fsp3) is 0.632. The predicted octanol–water partition coefficient (Wildman–Crippen LogP) is 2.56. The van der Waals surface area contributed by atoms with Gasteiger partial charge in [-0.1, -0.05) is 24.3 Å². The SMILES string of the molecule is CC(CO)(NC(=O)C1CC12CCCc1ccccc12)C1CC1. The largest absolute Gasteiger partial charge is 0.394 e. The highest BCUT2D eigenvalue weighted by atomic mass is 16.3. The molecule has 1 aromatic carbocycles. The van der Waals surface area contributed by atoms with E-state index in [4.69, 9.17) is 0 Å². The molecule has 3 aliphatic carbocycles. The maximum atomic E-state index is 12.8. The minimum atomic E-state index is -0.422. The number of aryl methyl sites for hydroxylation is 1. The molecule has 1 amide bonds. The van der Waals surface area contributed by atoms with Crippen molar-refractivity contribution in [3.05, 3.63) is 35.4 Å². The minimum absolute atomic E-state index is 0.0414. The number of benzene rings is 1. The van der Waals surface area contributed by atoms with Crippen LogP contribution in [0.4, 0.5) is 0 Å². The molecular formula is C19H25NO2. The van der Waals surface area contributed by atoms with E-state index in [0.29, 0.717) is 5.92 Å². The second kappa shape index (κ2) is 4.82. The van der Waals surface area contributed by atoms with Gasteiger partial charge >= 0.3 is 0 Å². The van der Waals surface area contributed by atoms with Crippen molar-refractivity contribution in [1.29, 1.82) is 0 Å². The first kappa shape index (κ1) is 14.3. The highest BCUT2D eigenvalue weighted by Gasteiger charge is 2.61. The van der Waals surface area contributed by atoms with Crippen LogP contribution in [-0.2, 0) is 16.6 Å². The van der Waals surface area contributed by atoms with Crippen LogP contribution in [0.25, 0.3) is 0 Å². The molecule has 0 aromatic heterocycles. The molecule has 3 atom stereocenters. The molecule has 4 rings (SSSR count). The number of carbonyl (C=O) groups excluding carboxylic acids is 1. The predicted molar refractivity (Wildman–Crippen MR) is 85.5 cm³/mol. The number of hydrogen-bond donors (Lipinski definition) is 2. The third-order valence-electron chi connectivity index (χ3n) is 6.23. The van der Waals surface area contributed by atoms with E-state index in [-0.39, 0.29) is 23.8 Å². The number of aliphatic hydroxyl groups is 1. The van der Waals surface area contributed by atoms with Gasteiger partial charge in [0.2, 0.25) is 5.91 Å². The monoisotopic (exact) mass is 299 g/mol. The number of rotatable bonds is 4. The highest BCUT2D eigenvalue weighted by molar-refractivity contribution is 5.85. The summed E-state index contributed by atoms with van der Waals surface area (Å²) in [7, 11) is 0. The highest BCUT2D eigenvalue weighted by Crippen LogP contribution is 2.60. The van der Waals surface area contributed by atoms with E-state index in [9.17, 15) is 9.90 Å². The molecular weight excluding hydrogens is 274 g/mol. The van der Waals surface area contributed by atoms with Crippen LogP contribution in [0.5, 0.6) is 0 Å². The zero-order chi connectivity index (χ0) is 15.4. The van der Waals surface area contributed by atoms with Crippen molar-refractivity contribution in [2.24, 2.45) is 11.8 Å². The first-order valence-electron chi connectivity index (χ1n) is 8.60. The van der Waals surface area contributed by atoms with Gasteiger partial charge in [0.05, 0.1) is 12.1 Å². The van der Waals surface area contributed by atoms with Gasteiger partial charge in [0.25, 0.3) is 0 Å². The molecule has 3 unspecified atom stereocenters. The molecule has 1 aromatic rings. The zero-order valence-corrected chi connectivity index (χ0v) is 13.3. The number of nitrogens with one attached hydrogen (secondary N) is 1. The van der Waals surface area contributed by atoms with E-state index in [2.05, 4.69) is 29.6 Å². The summed E-state index contributed by atoms with van der Waals surface area (Å²) < 4.78 is 0. The Morgan fingerprint density at radius 3 is 2.91 bits per heavy atom. The van der Waals surface area contributed by atoms with Crippen molar-refractivity contribution in [2.45, 2.75) is 56.4 Å². The fourth-order valence-electron chi connectivity index (χ4n) is 4.54. The molecule has 2 N–H and O–H groups in total. The summed E-state index contributed by atoms with van der Waals surface area (Å²) in [5.41, 5.74) is 2.49. The summed E-state index contributed by atoms with van der Waals surface area (Å²) in [6.45, 7) is 2.03. The van der Waals surface area contributed by atoms with Gasteiger partial charge in [-0.3, -0.25) is 4.79 Å². The Morgan fingerprint density at radius 1 is 1.41 bits per heavy atom. The quantitative estimate of drug-likeness (QED) is 0.897. The maximum absolute atomic E-state index is 12.8. The second-order valence-electron chi connectivity index (χ2n) is 7.76. The Balaban J connectivity index is 1.53. The van der Waals surface area contributed by atoms with E-state index in [1.807, 2.05) is 6.92 Å². The first-order chi connectivity index (χ1) is 10.6. The Morgan fingerprint density at radius 2 is 2.18 bits per heavy atom. The van der Waals surface area contributed by atoms with Crippen molar-refractivity contribution in [3.63, 3.8) is 0 Å². The van der Waals surface area contributed by atoms with E-state index >= 15 is 0 Å². The molecule has 1 spiro atoms. The topological polar surface area (TPSA) is 49.3 Å². The molecule has 22 heavy (non-hydrogen) atoms. The van der Waals surface area contributed by atoms with E-state index in [1.165, 1.54) is 17.5 Å². The molecule has 0 heterocycles. The van der Waals surface area contributed by atoms with Gasteiger partial charge in [0, 0.05) is 11.3 Å². The Bertz CT molecular complexity index is 609. The van der Waals surface area contributed by atoms with Gasteiger partial charge in [-0.25, -0.2) is 0 Å². The summed E-state index contributed by atoms with van der Waals surface area (Å²) in [5, 5.41) is 12.9. The Labute approximate surface area is 132 Å². The van der Waals surface area contributed by atoms with Gasteiger partial charge in [0.1, 0.15) is 0 Å². The lowest BCUT2D eigenvalue weighted by molar-refractivity contribution is -0.125. The van der Waals surface area contributed by atoms with Crippen LogP contribution >= 0.6 is 0 Å². The van der Waals surface area contributed by atoms with Crippen molar-refractivity contribution in [3.8, 4) is 0 Å². The summed E-state index contributed by atoms with van der Waals surface area (Å²) in [4.78, 5) is 12.8. The van der Waals surface area contributed by atoms with Gasteiger partial charge in [-0.05, 0) is 62.5 Å². The average molecular weight is 299 g/mol. The molecule has 0 saturated heterocycles.